The van der Waals surface area contributed by atoms with Gasteiger partial charge in [0.2, 0.25) is 0 Å². The molecule has 0 bridgehead atoms. The largest absolute Gasteiger partial charge is 0.299 e. The lowest BCUT2D eigenvalue weighted by Gasteiger charge is -2.30. The second-order valence-corrected chi connectivity index (χ2v) is 5.67. The monoisotopic (exact) mass is 233 g/mol. The predicted molar refractivity (Wildman–Crippen MR) is 68.0 cm³/mol. The van der Waals surface area contributed by atoms with Gasteiger partial charge in [0.05, 0.1) is 6.04 Å². The maximum atomic E-state index is 12.0. The van der Waals surface area contributed by atoms with Crippen LogP contribution < -0.4 is 4.90 Å². The first-order valence-corrected chi connectivity index (χ1v) is 6.79. The Labute approximate surface area is 100 Å². The summed E-state index contributed by atoms with van der Waals surface area (Å²) in [4.78, 5) is 14.0. The Bertz CT molecular complexity index is 392. The molecule has 1 aliphatic carbocycles. The number of nitrogens with zero attached hydrogens (tertiary/aromatic N) is 1. The van der Waals surface area contributed by atoms with Gasteiger partial charge in [0.15, 0.2) is 0 Å². The van der Waals surface area contributed by atoms with Crippen molar-refractivity contribution in [3.63, 3.8) is 0 Å². The summed E-state index contributed by atoms with van der Waals surface area (Å²) in [6.45, 7) is 0. The Morgan fingerprint density at radius 2 is 1.88 bits per heavy atom. The molecule has 3 heteroatoms. The highest BCUT2D eigenvalue weighted by atomic mass is 32.2. The van der Waals surface area contributed by atoms with Crippen LogP contribution in [-0.2, 0) is 0 Å². The molecule has 1 saturated carbocycles. The smallest absolute Gasteiger partial charge is 0.286 e. The minimum absolute atomic E-state index is 0.239. The minimum atomic E-state index is 0.239. The van der Waals surface area contributed by atoms with Crippen molar-refractivity contribution in [1.82, 2.24) is 0 Å². The molecule has 1 aromatic carbocycles. The number of carbonyl (C=O) groups is 1. The summed E-state index contributed by atoms with van der Waals surface area (Å²) in [6, 6.07) is 10.5. The molecule has 0 N–H and O–H groups in total. The Balaban J connectivity index is 1.91. The van der Waals surface area contributed by atoms with Crippen molar-refractivity contribution >= 4 is 22.7 Å². The van der Waals surface area contributed by atoms with Crippen LogP contribution in [0.25, 0.3) is 0 Å². The van der Waals surface area contributed by atoms with Gasteiger partial charge in [0.25, 0.3) is 5.24 Å². The van der Waals surface area contributed by atoms with Gasteiger partial charge in [-0.1, -0.05) is 42.8 Å². The molecule has 0 radical (unpaired) electrons. The molecular weight excluding hydrogens is 218 g/mol. The minimum Gasteiger partial charge on any atom is -0.299 e. The second-order valence-electron chi connectivity index (χ2n) is 4.48. The van der Waals surface area contributed by atoms with Crippen molar-refractivity contribution in [3.8, 4) is 0 Å². The Kier molecular flexibility index (Phi) is 2.64. The Morgan fingerprint density at radius 1 is 1.12 bits per heavy atom. The van der Waals surface area contributed by atoms with Gasteiger partial charge in [-0.15, -0.1) is 0 Å². The van der Waals surface area contributed by atoms with E-state index in [4.69, 9.17) is 0 Å². The van der Waals surface area contributed by atoms with Crippen molar-refractivity contribution in [1.29, 1.82) is 0 Å². The van der Waals surface area contributed by atoms with Crippen molar-refractivity contribution in [2.75, 3.05) is 4.90 Å². The van der Waals surface area contributed by atoms with E-state index in [1.807, 2.05) is 35.2 Å². The van der Waals surface area contributed by atoms with Crippen LogP contribution in [0.3, 0.4) is 0 Å². The van der Waals surface area contributed by atoms with Crippen molar-refractivity contribution in [3.05, 3.63) is 30.3 Å². The van der Waals surface area contributed by atoms with Crippen molar-refractivity contribution < 1.29 is 4.79 Å². The van der Waals surface area contributed by atoms with E-state index in [9.17, 15) is 4.79 Å². The van der Waals surface area contributed by atoms with E-state index < -0.39 is 0 Å². The third-order valence-electron chi connectivity index (χ3n) is 3.48. The fourth-order valence-electron chi connectivity index (χ4n) is 2.72. The SMILES string of the molecule is O=C1SC2CCCCC2N1c1ccccc1. The molecule has 1 aromatic rings. The van der Waals surface area contributed by atoms with E-state index in [2.05, 4.69) is 0 Å². The summed E-state index contributed by atoms with van der Waals surface area (Å²) in [5, 5.41) is 0.768. The van der Waals surface area contributed by atoms with Crippen LogP contribution in [0.1, 0.15) is 25.7 Å². The normalized spacial score (nSPS) is 29.2. The van der Waals surface area contributed by atoms with Crippen molar-refractivity contribution in [2.45, 2.75) is 37.0 Å². The highest BCUT2D eigenvalue weighted by molar-refractivity contribution is 8.14. The summed E-state index contributed by atoms with van der Waals surface area (Å²) < 4.78 is 0. The molecule has 2 atom stereocenters. The van der Waals surface area contributed by atoms with E-state index in [0.717, 1.165) is 12.1 Å². The van der Waals surface area contributed by atoms with Crippen LogP contribution in [-0.4, -0.2) is 16.5 Å². The third kappa shape index (κ3) is 1.63. The van der Waals surface area contributed by atoms with Gasteiger partial charge in [-0.3, -0.25) is 9.69 Å². The number of thioether (sulfide) groups is 1. The molecule has 16 heavy (non-hydrogen) atoms. The molecule has 1 aliphatic heterocycles. The van der Waals surface area contributed by atoms with Gasteiger partial charge in [-0.05, 0) is 25.0 Å². The zero-order valence-electron chi connectivity index (χ0n) is 9.13. The van der Waals surface area contributed by atoms with Gasteiger partial charge in [-0.2, -0.15) is 0 Å². The lowest BCUT2D eigenvalue weighted by atomic mass is 9.93. The molecule has 2 unspecified atom stereocenters. The van der Waals surface area contributed by atoms with Crippen LogP contribution in [0.4, 0.5) is 10.5 Å². The number of para-hydroxylation sites is 1. The Hall–Kier alpha value is -0.960. The highest BCUT2D eigenvalue weighted by Gasteiger charge is 2.42. The van der Waals surface area contributed by atoms with Crippen molar-refractivity contribution in [2.24, 2.45) is 0 Å². The fourth-order valence-corrected chi connectivity index (χ4v) is 4.03. The van der Waals surface area contributed by atoms with Crippen LogP contribution in [0.15, 0.2) is 30.3 Å². The molecule has 1 amide bonds. The zero-order valence-corrected chi connectivity index (χ0v) is 9.95. The van der Waals surface area contributed by atoms with Crippen LogP contribution in [0.5, 0.6) is 0 Å². The quantitative estimate of drug-likeness (QED) is 0.737. The number of hydrogen-bond donors (Lipinski definition) is 0. The first-order chi connectivity index (χ1) is 7.86. The molecule has 1 heterocycles. The highest BCUT2D eigenvalue weighted by Crippen LogP contribution is 2.42. The number of hydrogen-bond acceptors (Lipinski definition) is 2. The number of anilines is 1. The summed E-state index contributed by atoms with van der Waals surface area (Å²) in [6.07, 6.45) is 4.91. The molecule has 1 saturated heterocycles. The summed E-state index contributed by atoms with van der Waals surface area (Å²) in [5.74, 6) is 0. The number of carbonyl (C=O) groups excluding carboxylic acids is 1. The van der Waals surface area contributed by atoms with Gasteiger partial charge >= 0.3 is 0 Å². The standard InChI is InChI=1S/C13H15NOS/c15-13-14(10-6-2-1-3-7-10)11-8-4-5-9-12(11)16-13/h1-3,6-7,11-12H,4-5,8-9H2. The third-order valence-corrected chi connectivity index (χ3v) is 4.73. The molecule has 0 aromatic heterocycles. The number of rotatable bonds is 1. The van der Waals surface area contributed by atoms with Crippen LogP contribution in [0, 0.1) is 0 Å². The lowest BCUT2D eigenvalue weighted by molar-refractivity contribution is 0.264. The van der Waals surface area contributed by atoms with Gasteiger partial charge in [-0.25, -0.2) is 0 Å². The van der Waals surface area contributed by atoms with E-state index in [-0.39, 0.29) is 5.24 Å². The van der Waals surface area contributed by atoms with E-state index in [1.54, 1.807) is 0 Å². The van der Waals surface area contributed by atoms with E-state index >= 15 is 0 Å². The first kappa shape index (κ1) is 10.2. The van der Waals surface area contributed by atoms with E-state index in [0.29, 0.717) is 11.3 Å². The van der Waals surface area contributed by atoms with Crippen LogP contribution in [0.2, 0.25) is 0 Å². The average Bonchev–Trinajstić information content (AvgIpc) is 2.66. The van der Waals surface area contributed by atoms with Gasteiger partial charge in [0, 0.05) is 10.9 Å². The van der Waals surface area contributed by atoms with Gasteiger partial charge < -0.3 is 0 Å². The first-order valence-electron chi connectivity index (χ1n) is 5.91. The molecule has 2 fully saturated rings. The second kappa shape index (κ2) is 4.13. The summed E-state index contributed by atoms with van der Waals surface area (Å²) in [7, 11) is 0. The average molecular weight is 233 g/mol. The summed E-state index contributed by atoms with van der Waals surface area (Å²) >= 11 is 1.54. The molecule has 2 aliphatic rings. The fraction of sp³-hybridized carbons (Fsp3) is 0.462. The molecule has 3 rings (SSSR count). The van der Waals surface area contributed by atoms with Gasteiger partial charge in [0.1, 0.15) is 0 Å². The molecular formula is C13H15NOS. The number of benzene rings is 1. The number of fused-ring (bicyclic) bond motifs is 1. The molecule has 84 valence electrons. The topological polar surface area (TPSA) is 20.3 Å². The maximum Gasteiger partial charge on any atom is 0.286 e. The summed E-state index contributed by atoms with van der Waals surface area (Å²) in [5.41, 5.74) is 1.06. The zero-order chi connectivity index (χ0) is 11.0. The van der Waals surface area contributed by atoms with E-state index in [1.165, 1.54) is 31.0 Å². The maximum absolute atomic E-state index is 12.0. The molecule has 2 nitrogen and oxygen atoms in total. The van der Waals surface area contributed by atoms with Crippen LogP contribution >= 0.6 is 11.8 Å². The lowest BCUT2D eigenvalue weighted by Crippen LogP contribution is -2.38. The predicted octanol–water partition coefficient (Wildman–Crippen LogP) is 3.67. The molecule has 0 spiro atoms. The number of amides is 1. The Morgan fingerprint density at radius 3 is 2.69 bits per heavy atom.